The van der Waals surface area contributed by atoms with E-state index >= 15 is 0 Å². The predicted molar refractivity (Wildman–Crippen MR) is 79.2 cm³/mol. The van der Waals surface area contributed by atoms with Gasteiger partial charge in [0.15, 0.2) is 0 Å². The molecule has 2 nitrogen and oxygen atoms in total. The number of nitrogens with one attached hydrogen (secondary N) is 1. The fraction of sp³-hybridized carbons (Fsp3) is 0.235. The molecule has 0 aliphatic rings. The lowest BCUT2D eigenvalue weighted by atomic mass is 10.0. The maximum absolute atomic E-state index is 9.28. The van der Waals surface area contributed by atoms with Gasteiger partial charge < -0.3 is 5.32 Å². The van der Waals surface area contributed by atoms with Crippen molar-refractivity contribution in [1.82, 2.24) is 0 Å². The van der Waals surface area contributed by atoms with E-state index in [0.29, 0.717) is 6.54 Å². The van der Waals surface area contributed by atoms with Crippen LogP contribution in [0.2, 0.25) is 0 Å². The molecule has 0 aliphatic carbocycles. The van der Waals surface area contributed by atoms with Crippen LogP contribution in [0.3, 0.4) is 0 Å². The molecule has 19 heavy (non-hydrogen) atoms. The molecule has 0 heterocycles. The van der Waals surface area contributed by atoms with E-state index in [0.717, 1.165) is 11.3 Å². The maximum Gasteiger partial charge on any atom is 0.0885 e. The first-order valence-corrected chi connectivity index (χ1v) is 6.46. The molecule has 1 N–H and O–H groups in total. The van der Waals surface area contributed by atoms with Gasteiger partial charge in [-0.15, -0.1) is 0 Å². The van der Waals surface area contributed by atoms with Crippen molar-refractivity contribution < 1.29 is 0 Å². The van der Waals surface area contributed by atoms with Crippen LogP contribution < -0.4 is 5.32 Å². The van der Waals surface area contributed by atoms with Crippen molar-refractivity contribution in [3.8, 4) is 6.07 Å². The van der Waals surface area contributed by atoms with Crippen LogP contribution in [0, 0.1) is 25.2 Å². The summed E-state index contributed by atoms with van der Waals surface area (Å²) in [5.74, 6) is -0.123. The molecule has 2 aromatic carbocycles. The Morgan fingerprint density at radius 1 is 1.11 bits per heavy atom. The summed E-state index contributed by atoms with van der Waals surface area (Å²) < 4.78 is 0. The normalized spacial score (nSPS) is 11.6. The van der Waals surface area contributed by atoms with Crippen molar-refractivity contribution in [2.45, 2.75) is 19.8 Å². The van der Waals surface area contributed by atoms with Gasteiger partial charge >= 0.3 is 0 Å². The van der Waals surface area contributed by atoms with Gasteiger partial charge in [-0.1, -0.05) is 48.0 Å². The van der Waals surface area contributed by atoms with Crippen LogP contribution in [-0.4, -0.2) is 6.54 Å². The van der Waals surface area contributed by atoms with Crippen molar-refractivity contribution in [3.05, 3.63) is 65.2 Å². The van der Waals surface area contributed by atoms with E-state index in [9.17, 15) is 5.26 Å². The maximum atomic E-state index is 9.28. The number of nitriles is 1. The molecular weight excluding hydrogens is 232 g/mol. The Morgan fingerprint density at radius 3 is 2.47 bits per heavy atom. The highest BCUT2D eigenvalue weighted by molar-refractivity contribution is 5.52. The second kappa shape index (κ2) is 6.06. The lowest BCUT2D eigenvalue weighted by Gasteiger charge is -2.14. The highest BCUT2D eigenvalue weighted by atomic mass is 14.9. The molecule has 0 saturated carbocycles. The summed E-state index contributed by atoms with van der Waals surface area (Å²) >= 11 is 0. The standard InChI is InChI=1S/C17H18N2/c1-13-8-9-17(14(2)10-13)19-12-16(11-18)15-6-4-3-5-7-15/h3-10,16,19H,12H2,1-2H3. The summed E-state index contributed by atoms with van der Waals surface area (Å²) in [5.41, 5.74) is 4.62. The van der Waals surface area contributed by atoms with Gasteiger partial charge in [-0.3, -0.25) is 0 Å². The average Bonchev–Trinajstić information content (AvgIpc) is 2.43. The molecule has 2 aromatic rings. The Morgan fingerprint density at radius 2 is 1.84 bits per heavy atom. The Labute approximate surface area is 114 Å². The van der Waals surface area contributed by atoms with Crippen molar-refractivity contribution in [3.63, 3.8) is 0 Å². The third-order valence-electron chi connectivity index (χ3n) is 3.24. The zero-order valence-corrected chi connectivity index (χ0v) is 11.4. The van der Waals surface area contributed by atoms with Gasteiger partial charge in [0.2, 0.25) is 0 Å². The van der Waals surface area contributed by atoms with E-state index < -0.39 is 0 Å². The molecule has 0 radical (unpaired) electrons. The van der Waals surface area contributed by atoms with E-state index in [4.69, 9.17) is 0 Å². The summed E-state index contributed by atoms with van der Waals surface area (Å²) in [7, 11) is 0. The van der Waals surface area contributed by atoms with Crippen molar-refractivity contribution in [2.24, 2.45) is 0 Å². The monoisotopic (exact) mass is 250 g/mol. The van der Waals surface area contributed by atoms with Gasteiger partial charge in [0, 0.05) is 12.2 Å². The molecule has 0 amide bonds. The minimum atomic E-state index is -0.123. The SMILES string of the molecule is Cc1ccc(NCC(C#N)c2ccccc2)c(C)c1. The van der Waals surface area contributed by atoms with E-state index in [-0.39, 0.29) is 5.92 Å². The smallest absolute Gasteiger partial charge is 0.0885 e. The Bertz CT molecular complexity index is 582. The molecule has 96 valence electrons. The molecule has 0 aliphatic heterocycles. The number of hydrogen-bond acceptors (Lipinski definition) is 2. The first-order chi connectivity index (χ1) is 9.20. The van der Waals surface area contributed by atoms with E-state index in [2.05, 4.69) is 43.4 Å². The minimum Gasteiger partial charge on any atom is -0.383 e. The number of aryl methyl sites for hydroxylation is 2. The number of hydrogen-bond donors (Lipinski definition) is 1. The van der Waals surface area contributed by atoms with Crippen LogP contribution in [0.1, 0.15) is 22.6 Å². The molecule has 1 atom stereocenters. The molecule has 1 unspecified atom stereocenters. The Balaban J connectivity index is 2.07. The summed E-state index contributed by atoms with van der Waals surface area (Å²) in [6, 6.07) is 18.6. The second-order valence-electron chi connectivity index (χ2n) is 4.79. The van der Waals surface area contributed by atoms with Crippen LogP contribution in [0.15, 0.2) is 48.5 Å². The van der Waals surface area contributed by atoms with Crippen LogP contribution in [0.25, 0.3) is 0 Å². The van der Waals surface area contributed by atoms with Gasteiger partial charge in [0.25, 0.3) is 0 Å². The summed E-state index contributed by atoms with van der Waals surface area (Å²) in [5, 5.41) is 12.6. The number of anilines is 1. The first kappa shape index (κ1) is 13.2. The van der Waals surface area contributed by atoms with Gasteiger partial charge in [-0.25, -0.2) is 0 Å². The third-order valence-corrected chi connectivity index (χ3v) is 3.24. The quantitative estimate of drug-likeness (QED) is 0.889. The average molecular weight is 250 g/mol. The Hall–Kier alpha value is -2.27. The van der Waals surface area contributed by atoms with Gasteiger partial charge in [0.05, 0.1) is 12.0 Å². The van der Waals surface area contributed by atoms with Crippen LogP contribution in [0.4, 0.5) is 5.69 Å². The molecular formula is C17H18N2. The summed E-state index contributed by atoms with van der Waals surface area (Å²) in [6.07, 6.45) is 0. The molecule has 2 heteroatoms. The van der Waals surface area contributed by atoms with Crippen molar-refractivity contribution >= 4 is 5.69 Å². The number of nitrogens with zero attached hydrogens (tertiary/aromatic N) is 1. The Kier molecular flexibility index (Phi) is 4.20. The van der Waals surface area contributed by atoms with E-state index in [1.165, 1.54) is 11.1 Å². The third kappa shape index (κ3) is 3.35. The zero-order chi connectivity index (χ0) is 13.7. The summed E-state index contributed by atoms with van der Waals surface area (Å²) in [6.45, 7) is 4.79. The molecule has 0 bridgehead atoms. The van der Waals surface area contributed by atoms with Crippen LogP contribution in [0.5, 0.6) is 0 Å². The fourth-order valence-electron chi connectivity index (χ4n) is 2.15. The van der Waals surface area contributed by atoms with E-state index in [1.54, 1.807) is 0 Å². The minimum absolute atomic E-state index is 0.123. The second-order valence-corrected chi connectivity index (χ2v) is 4.79. The van der Waals surface area contributed by atoms with Crippen LogP contribution in [-0.2, 0) is 0 Å². The first-order valence-electron chi connectivity index (χ1n) is 6.46. The topological polar surface area (TPSA) is 35.8 Å². The molecule has 0 fully saturated rings. The van der Waals surface area contributed by atoms with Gasteiger partial charge in [0.1, 0.15) is 0 Å². The van der Waals surface area contributed by atoms with Crippen LogP contribution >= 0.6 is 0 Å². The zero-order valence-electron chi connectivity index (χ0n) is 11.4. The lowest BCUT2D eigenvalue weighted by molar-refractivity contribution is 0.899. The van der Waals surface area contributed by atoms with Crippen molar-refractivity contribution in [2.75, 3.05) is 11.9 Å². The lowest BCUT2D eigenvalue weighted by Crippen LogP contribution is -2.11. The number of benzene rings is 2. The van der Waals surface area contributed by atoms with E-state index in [1.807, 2.05) is 30.3 Å². The fourth-order valence-corrected chi connectivity index (χ4v) is 2.15. The van der Waals surface area contributed by atoms with Gasteiger partial charge in [-0.05, 0) is 31.0 Å². The molecule has 0 spiro atoms. The number of rotatable bonds is 4. The highest BCUT2D eigenvalue weighted by Gasteiger charge is 2.10. The molecule has 0 aromatic heterocycles. The summed E-state index contributed by atoms with van der Waals surface area (Å²) in [4.78, 5) is 0. The molecule has 0 saturated heterocycles. The molecule has 2 rings (SSSR count). The predicted octanol–water partition coefficient (Wildman–Crippen LogP) is 4.02. The highest BCUT2D eigenvalue weighted by Crippen LogP contribution is 2.19. The van der Waals surface area contributed by atoms with Crippen molar-refractivity contribution in [1.29, 1.82) is 5.26 Å². The largest absolute Gasteiger partial charge is 0.383 e. The van der Waals surface area contributed by atoms with Gasteiger partial charge in [-0.2, -0.15) is 5.26 Å².